The lowest BCUT2D eigenvalue weighted by Crippen LogP contribution is -2.30. The topological polar surface area (TPSA) is 107 Å². The molecule has 1 fully saturated rings. The van der Waals surface area contributed by atoms with Crippen LogP contribution in [-0.2, 0) is 16.1 Å². The fourth-order valence-corrected chi connectivity index (χ4v) is 3.44. The van der Waals surface area contributed by atoms with Crippen molar-refractivity contribution in [3.05, 3.63) is 66.1 Å². The number of amides is 2. The first kappa shape index (κ1) is 19.7. The van der Waals surface area contributed by atoms with Gasteiger partial charge >= 0.3 is 0 Å². The molecule has 1 aliphatic rings. The van der Waals surface area contributed by atoms with E-state index < -0.39 is 29.3 Å². The first-order chi connectivity index (χ1) is 15.5. The molecule has 2 amide bonds. The second kappa shape index (κ2) is 7.76. The van der Waals surface area contributed by atoms with Gasteiger partial charge in [0.15, 0.2) is 17.5 Å². The summed E-state index contributed by atoms with van der Waals surface area (Å²) in [6.45, 7) is 0.0754. The number of hydrogen-bond acceptors (Lipinski definition) is 7. The van der Waals surface area contributed by atoms with Gasteiger partial charge < -0.3 is 4.52 Å². The van der Waals surface area contributed by atoms with Gasteiger partial charge in [-0.2, -0.15) is 5.10 Å². The summed E-state index contributed by atoms with van der Waals surface area (Å²) in [5.74, 6) is -2.80. The maximum absolute atomic E-state index is 14.4. The van der Waals surface area contributed by atoms with Crippen LogP contribution in [0, 0.1) is 11.6 Å². The molecule has 4 heterocycles. The zero-order valence-electron chi connectivity index (χ0n) is 16.4. The minimum atomic E-state index is -0.903. The average molecular weight is 436 g/mol. The molecule has 0 atom stereocenters. The van der Waals surface area contributed by atoms with Gasteiger partial charge in [-0.15, -0.1) is 0 Å². The quantitative estimate of drug-likeness (QED) is 0.443. The van der Waals surface area contributed by atoms with E-state index in [0.717, 1.165) is 11.1 Å². The summed E-state index contributed by atoms with van der Waals surface area (Å²) in [7, 11) is 0. The van der Waals surface area contributed by atoms with Crippen molar-refractivity contribution < 1.29 is 22.9 Å². The molecule has 9 nitrogen and oxygen atoms in total. The Balaban J connectivity index is 1.59. The van der Waals surface area contributed by atoms with Crippen LogP contribution in [0.25, 0.3) is 22.9 Å². The molecule has 0 aliphatic carbocycles. The van der Waals surface area contributed by atoms with Crippen LogP contribution in [0.4, 0.5) is 14.6 Å². The third kappa shape index (κ3) is 3.43. The van der Waals surface area contributed by atoms with E-state index in [4.69, 9.17) is 4.52 Å². The lowest BCUT2D eigenvalue weighted by molar-refractivity contribution is -0.121. The van der Waals surface area contributed by atoms with E-state index in [1.807, 2.05) is 0 Å². The number of halogens is 2. The second-order valence-electron chi connectivity index (χ2n) is 7.04. The Morgan fingerprint density at radius 1 is 1.00 bits per heavy atom. The summed E-state index contributed by atoms with van der Waals surface area (Å²) in [4.78, 5) is 32.8. The Morgan fingerprint density at radius 2 is 1.78 bits per heavy atom. The molecule has 1 saturated heterocycles. The molecule has 1 aromatic carbocycles. The number of imide groups is 1. The Kier molecular flexibility index (Phi) is 4.77. The summed E-state index contributed by atoms with van der Waals surface area (Å²) in [6.07, 6.45) is 2.24. The molecule has 4 aromatic rings. The molecule has 3 aromatic heterocycles. The first-order valence-corrected chi connectivity index (χ1v) is 9.62. The summed E-state index contributed by atoms with van der Waals surface area (Å²) >= 11 is 0. The van der Waals surface area contributed by atoms with Crippen LogP contribution < -0.4 is 4.90 Å². The number of anilines is 1. The van der Waals surface area contributed by atoms with Gasteiger partial charge in [-0.05, 0) is 12.1 Å². The molecule has 5 rings (SSSR count). The van der Waals surface area contributed by atoms with E-state index >= 15 is 0 Å². The third-order valence-electron chi connectivity index (χ3n) is 4.98. The number of carbonyl (C=O) groups excluding carboxylic acids is 2. The van der Waals surface area contributed by atoms with E-state index in [1.165, 1.54) is 17.0 Å². The number of aromatic nitrogens is 5. The number of hydrogen-bond donors (Lipinski definition) is 0. The van der Waals surface area contributed by atoms with Crippen molar-refractivity contribution in [3.63, 3.8) is 0 Å². The predicted octanol–water partition coefficient (Wildman–Crippen LogP) is 2.98. The van der Waals surface area contributed by atoms with Gasteiger partial charge in [-0.25, -0.2) is 23.6 Å². The molecule has 0 unspecified atom stereocenters. The van der Waals surface area contributed by atoms with Crippen LogP contribution in [0.5, 0.6) is 0 Å². The molecule has 32 heavy (non-hydrogen) atoms. The van der Waals surface area contributed by atoms with Gasteiger partial charge in [-0.3, -0.25) is 14.3 Å². The Morgan fingerprint density at radius 3 is 2.50 bits per heavy atom. The highest BCUT2D eigenvalue weighted by atomic mass is 19.1. The van der Waals surface area contributed by atoms with Crippen molar-refractivity contribution in [1.29, 1.82) is 0 Å². The molecule has 0 saturated carbocycles. The van der Waals surface area contributed by atoms with Gasteiger partial charge in [0.05, 0.1) is 18.4 Å². The lowest BCUT2D eigenvalue weighted by Gasteiger charge is -2.13. The first-order valence-electron chi connectivity index (χ1n) is 9.62. The van der Waals surface area contributed by atoms with Crippen molar-refractivity contribution >= 4 is 17.6 Å². The minimum absolute atomic E-state index is 0.00840. The van der Waals surface area contributed by atoms with Gasteiger partial charge in [-0.1, -0.05) is 23.4 Å². The largest absolute Gasteiger partial charge is 0.364 e. The Bertz CT molecular complexity index is 1320. The van der Waals surface area contributed by atoms with E-state index in [9.17, 15) is 18.4 Å². The molecule has 1 aliphatic heterocycles. The summed E-state index contributed by atoms with van der Waals surface area (Å²) in [6, 6.07) is 9.45. The average Bonchev–Trinajstić information content (AvgIpc) is 3.51. The molecular formula is C21H14F2N6O3. The Hall–Kier alpha value is -4.28. The van der Waals surface area contributed by atoms with Crippen LogP contribution in [0.2, 0.25) is 0 Å². The van der Waals surface area contributed by atoms with Gasteiger partial charge in [0.1, 0.15) is 23.5 Å². The fourth-order valence-electron chi connectivity index (χ4n) is 3.44. The molecule has 0 radical (unpaired) electrons. The number of benzene rings is 1. The van der Waals surface area contributed by atoms with E-state index in [-0.39, 0.29) is 30.9 Å². The standard InChI is InChI=1S/C21H14F2N6O3/c22-13-4-2-1-3-12(13)11-28-17(15-7-8-32-27-15)9-16(26-28)20-24-10-14(23)21(25-20)29-18(30)5-6-19(29)31/h1-4,7-10H,5-6,11H2. The number of rotatable bonds is 5. The molecule has 0 spiro atoms. The lowest BCUT2D eigenvalue weighted by atomic mass is 10.2. The number of nitrogens with zero attached hydrogens (tertiary/aromatic N) is 6. The molecule has 0 N–H and O–H groups in total. The molecule has 0 bridgehead atoms. The third-order valence-corrected chi connectivity index (χ3v) is 4.98. The van der Waals surface area contributed by atoms with Crippen molar-refractivity contribution in [3.8, 4) is 22.9 Å². The van der Waals surface area contributed by atoms with E-state index in [2.05, 4.69) is 20.2 Å². The monoisotopic (exact) mass is 436 g/mol. The highest BCUT2D eigenvalue weighted by Gasteiger charge is 2.34. The Labute approximate surface area is 179 Å². The number of carbonyl (C=O) groups is 2. The van der Waals surface area contributed by atoms with Crippen LogP contribution in [0.1, 0.15) is 18.4 Å². The van der Waals surface area contributed by atoms with Gasteiger partial charge in [0, 0.05) is 24.5 Å². The molecular weight excluding hydrogens is 422 g/mol. The maximum atomic E-state index is 14.4. The predicted molar refractivity (Wildman–Crippen MR) is 106 cm³/mol. The fraction of sp³-hybridized carbons (Fsp3) is 0.143. The summed E-state index contributed by atoms with van der Waals surface area (Å²) < 4.78 is 35.0. The maximum Gasteiger partial charge on any atom is 0.235 e. The van der Waals surface area contributed by atoms with Crippen LogP contribution in [0.15, 0.2) is 53.4 Å². The van der Waals surface area contributed by atoms with Crippen LogP contribution in [-0.4, -0.2) is 36.7 Å². The van der Waals surface area contributed by atoms with Crippen molar-refractivity contribution in [2.45, 2.75) is 19.4 Å². The SMILES string of the molecule is O=C1CCC(=O)N1c1nc(-c2cc(-c3ccon3)n(Cc3ccccc3F)n2)ncc1F. The highest BCUT2D eigenvalue weighted by Crippen LogP contribution is 2.28. The zero-order valence-corrected chi connectivity index (χ0v) is 16.4. The van der Waals surface area contributed by atoms with E-state index in [1.54, 1.807) is 30.3 Å². The van der Waals surface area contributed by atoms with Crippen LogP contribution >= 0.6 is 0 Å². The van der Waals surface area contributed by atoms with Crippen molar-refractivity contribution in [2.24, 2.45) is 0 Å². The van der Waals surface area contributed by atoms with Crippen molar-refractivity contribution in [1.82, 2.24) is 24.9 Å². The molecule has 160 valence electrons. The van der Waals surface area contributed by atoms with Crippen LogP contribution in [0.3, 0.4) is 0 Å². The van der Waals surface area contributed by atoms with E-state index in [0.29, 0.717) is 17.0 Å². The smallest absolute Gasteiger partial charge is 0.235 e. The second-order valence-corrected chi connectivity index (χ2v) is 7.04. The van der Waals surface area contributed by atoms with Crippen molar-refractivity contribution in [2.75, 3.05) is 4.90 Å². The molecule has 11 heteroatoms. The van der Waals surface area contributed by atoms with Gasteiger partial charge in [0.25, 0.3) is 0 Å². The highest BCUT2D eigenvalue weighted by molar-refractivity contribution is 6.19. The zero-order chi connectivity index (χ0) is 22.2. The summed E-state index contributed by atoms with van der Waals surface area (Å²) in [5.41, 5.74) is 1.53. The summed E-state index contributed by atoms with van der Waals surface area (Å²) in [5, 5.41) is 8.35. The van der Waals surface area contributed by atoms with Gasteiger partial charge in [0.2, 0.25) is 11.8 Å². The normalized spacial score (nSPS) is 13.9. The minimum Gasteiger partial charge on any atom is -0.364 e.